The largest absolute Gasteiger partial charge is 0.322 e. The van der Waals surface area contributed by atoms with Crippen LogP contribution in [0.25, 0.3) is 0 Å². The minimum atomic E-state index is -0.113. The number of carbonyl (C=O) groups excluding carboxylic acids is 1. The zero-order valence-electron chi connectivity index (χ0n) is 12.6. The molecule has 0 saturated carbocycles. The molecule has 0 spiro atoms. The molecular formula is C17H16N4OS. The van der Waals surface area contributed by atoms with E-state index < -0.39 is 0 Å². The average molecular weight is 324 g/mol. The summed E-state index contributed by atoms with van der Waals surface area (Å²) in [6, 6.07) is 17.0. The lowest BCUT2D eigenvalue weighted by atomic mass is 10.1. The molecule has 2 N–H and O–H groups in total. The van der Waals surface area contributed by atoms with Crippen LogP contribution in [0.1, 0.15) is 28.1 Å². The Bertz CT molecular complexity index is 774. The van der Waals surface area contributed by atoms with E-state index in [1.165, 1.54) is 6.33 Å². The Hall–Kier alpha value is -2.60. The first-order valence-corrected chi connectivity index (χ1v) is 8.09. The highest BCUT2D eigenvalue weighted by Gasteiger charge is 2.11. The van der Waals surface area contributed by atoms with Gasteiger partial charge in [0.15, 0.2) is 5.16 Å². The summed E-state index contributed by atoms with van der Waals surface area (Å²) in [6.07, 6.45) is 1.49. The summed E-state index contributed by atoms with van der Waals surface area (Å²) in [5.41, 5.74) is 2.53. The van der Waals surface area contributed by atoms with Crippen molar-refractivity contribution in [2.24, 2.45) is 0 Å². The molecule has 3 rings (SSSR count). The molecule has 0 aliphatic carbocycles. The van der Waals surface area contributed by atoms with Crippen LogP contribution in [0.15, 0.2) is 66.1 Å². The summed E-state index contributed by atoms with van der Waals surface area (Å²) in [5, 5.41) is 10.6. The van der Waals surface area contributed by atoms with Crippen LogP contribution in [-0.2, 0) is 0 Å². The Morgan fingerprint density at radius 1 is 1.17 bits per heavy atom. The third-order valence-electron chi connectivity index (χ3n) is 3.33. The van der Waals surface area contributed by atoms with Gasteiger partial charge in [0.2, 0.25) is 0 Å². The second-order valence-corrected chi connectivity index (χ2v) is 6.33. The summed E-state index contributed by atoms with van der Waals surface area (Å²) in [4.78, 5) is 16.3. The Morgan fingerprint density at radius 3 is 2.74 bits per heavy atom. The predicted octanol–water partition coefficient (Wildman–Crippen LogP) is 3.91. The number of amides is 1. The lowest BCUT2D eigenvalue weighted by Crippen LogP contribution is -2.11. The van der Waals surface area contributed by atoms with Gasteiger partial charge in [0.1, 0.15) is 6.33 Å². The zero-order chi connectivity index (χ0) is 16.1. The van der Waals surface area contributed by atoms with Crippen LogP contribution >= 0.6 is 11.8 Å². The van der Waals surface area contributed by atoms with Crippen molar-refractivity contribution < 1.29 is 4.79 Å². The maximum atomic E-state index is 12.2. The Labute approximate surface area is 138 Å². The van der Waals surface area contributed by atoms with Gasteiger partial charge in [-0.25, -0.2) is 4.98 Å². The van der Waals surface area contributed by atoms with Gasteiger partial charge in [0.05, 0.1) is 0 Å². The lowest BCUT2D eigenvalue weighted by molar-refractivity contribution is 0.102. The van der Waals surface area contributed by atoms with E-state index in [1.807, 2.05) is 42.5 Å². The van der Waals surface area contributed by atoms with Gasteiger partial charge < -0.3 is 5.32 Å². The highest BCUT2D eigenvalue weighted by molar-refractivity contribution is 7.99. The summed E-state index contributed by atoms with van der Waals surface area (Å²) in [6.45, 7) is 2.09. The van der Waals surface area contributed by atoms with E-state index in [1.54, 1.807) is 23.9 Å². The molecule has 1 atom stereocenters. The molecule has 6 heteroatoms. The quantitative estimate of drug-likeness (QED) is 0.698. The summed E-state index contributed by atoms with van der Waals surface area (Å²) in [5.74, 6) is -0.113. The SMILES string of the molecule is CC(Sc1ncn[nH]1)c1cccc(NC(=O)c2ccccc2)c1. The van der Waals surface area contributed by atoms with Gasteiger partial charge in [-0.15, -0.1) is 0 Å². The normalized spacial score (nSPS) is 11.9. The van der Waals surface area contributed by atoms with E-state index in [2.05, 4.69) is 27.4 Å². The van der Waals surface area contributed by atoms with Crippen molar-refractivity contribution in [3.63, 3.8) is 0 Å². The van der Waals surface area contributed by atoms with Gasteiger partial charge in [0, 0.05) is 16.5 Å². The molecule has 0 fully saturated rings. The van der Waals surface area contributed by atoms with Crippen molar-refractivity contribution in [2.45, 2.75) is 17.3 Å². The molecule has 0 radical (unpaired) electrons. The molecule has 1 heterocycles. The van der Waals surface area contributed by atoms with Crippen molar-refractivity contribution >= 4 is 23.4 Å². The molecule has 3 aromatic rings. The highest BCUT2D eigenvalue weighted by atomic mass is 32.2. The summed E-state index contributed by atoms with van der Waals surface area (Å²) in [7, 11) is 0. The van der Waals surface area contributed by atoms with Crippen LogP contribution in [0, 0.1) is 0 Å². The summed E-state index contributed by atoms with van der Waals surface area (Å²) >= 11 is 1.59. The number of benzene rings is 2. The van der Waals surface area contributed by atoms with Crippen LogP contribution in [0.4, 0.5) is 5.69 Å². The Morgan fingerprint density at radius 2 is 2.00 bits per heavy atom. The molecule has 23 heavy (non-hydrogen) atoms. The zero-order valence-corrected chi connectivity index (χ0v) is 13.4. The second-order valence-electron chi connectivity index (χ2n) is 5.00. The van der Waals surface area contributed by atoms with Crippen molar-refractivity contribution in [3.8, 4) is 0 Å². The third kappa shape index (κ3) is 3.98. The van der Waals surface area contributed by atoms with Crippen LogP contribution in [0.5, 0.6) is 0 Å². The highest BCUT2D eigenvalue weighted by Crippen LogP contribution is 2.33. The minimum Gasteiger partial charge on any atom is -0.322 e. The fourth-order valence-corrected chi connectivity index (χ4v) is 2.98. The van der Waals surface area contributed by atoms with E-state index >= 15 is 0 Å². The third-order valence-corrected chi connectivity index (χ3v) is 4.38. The van der Waals surface area contributed by atoms with Crippen LogP contribution in [0.2, 0.25) is 0 Å². The van der Waals surface area contributed by atoms with Crippen molar-refractivity contribution in [1.29, 1.82) is 0 Å². The molecule has 0 saturated heterocycles. The smallest absolute Gasteiger partial charge is 0.255 e. The number of nitrogens with one attached hydrogen (secondary N) is 2. The van der Waals surface area contributed by atoms with Crippen LogP contribution in [-0.4, -0.2) is 21.1 Å². The molecule has 1 aromatic heterocycles. The topological polar surface area (TPSA) is 70.7 Å². The van der Waals surface area contributed by atoms with Crippen LogP contribution in [0.3, 0.4) is 0 Å². The number of carbonyl (C=O) groups is 1. The maximum absolute atomic E-state index is 12.2. The van der Waals surface area contributed by atoms with E-state index in [0.717, 1.165) is 16.4 Å². The Balaban J connectivity index is 1.71. The maximum Gasteiger partial charge on any atom is 0.255 e. The standard InChI is InChI=1S/C17H16N4OS/c1-12(23-17-18-11-19-21-17)14-8-5-9-15(10-14)20-16(22)13-6-3-2-4-7-13/h2-12H,1H3,(H,20,22)(H,18,19,21). The molecule has 5 nitrogen and oxygen atoms in total. The average Bonchev–Trinajstić information content (AvgIpc) is 3.09. The minimum absolute atomic E-state index is 0.113. The lowest BCUT2D eigenvalue weighted by Gasteiger charge is -2.12. The summed E-state index contributed by atoms with van der Waals surface area (Å²) < 4.78 is 0. The van der Waals surface area contributed by atoms with Crippen molar-refractivity contribution in [3.05, 3.63) is 72.1 Å². The first-order chi connectivity index (χ1) is 11.2. The monoisotopic (exact) mass is 324 g/mol. The van der Waals surface area contributed by atoms with Gasteiger partial charge >= 0.3 is 0 Å². The van der Waals surface area contributed by atoms with Crippen LogP contribution < -0.4 is 5.32 Å². The molecule has 0 aliphatic rings. The number of hydrogen-bond donors (Lipinski definition) is 2. The fraction of sp³-hybridized carbons (Fsp3) is 0.118. The molecule has 2 aromatic carbocycles. The molecule has 0 aliphatic heterocycles. The molecule has 116 valence electrons. The van der Waals surface area contributed by atoms with Crippen molar-refractivity contribution in [2.75, 3.05) is 5.32 Å². The predicted molar refractivity (Wildman–Crippen MR) is 91.5 cm³/mol. The van der Waals surface area contributed by atoms with Crippen molar-refractivity contribution in [1.82, 2.24) is 15.2 Å². The van der Waals surface area contributed by atoms with Gasteiger partial charge in [-0.1, -0.05) is 42.1 Å². The van der Waals surface area contributed by atoms with Gasteiger partial charge in [0.25, 0.3) is 5.91 Å². The van der Waals surface area contributed by atoms with Gasteiger partial charge in [-0.2, -0.15) is 5.10 Å². The number of hydrogen-bond acceptors (Lipinski definition) is 4. The number of aromatic amines is 1. The second kappa shape index (κ2) is 7.11. The Kier molecular flexibility index (Phi) is 4.73. The number of thioether (sulfide) groups is 1. The molecular weight excluding hydrogens is 308 g/mol. The van der Waals surface area contributed by atoms with Gasteiger partial charge in [-0.3, -0.25) is 9.89 Å². The number of aromatic nitrogens is 3. The molecule has 0 bridgehead atoms. The van der Waals surface area contributed by atoms with Gasteiger partial charge in [-0.05, 0) is 36.8 Å². The number of nitrogens with zero attached hydrogens (tertiary/aromatic N) is 2. The fourth-order valence-electron chi connectivity index (χ4n) is 2.15. The number of anilines is 1. The number of H-pyrrole nitrogens is 1. The molecule has 1 unspecified atom stereocenters. The van der Waals surface area contributed by atoms with E-state index in [-0.39, 0.29) is 11.2 Å². The van der Waals surface area contributed by atoms with E-state index in [4.69, 9.17) is 0 Å². The first kappa shape index (κ1) is 15.3. The number of rotatable bonds is 5. The van der Waals surface area contributed by atoms with E-state index in [0.29, 0.717) is 5.56 Å². The molecule has 1 amide bonds. The first-order valence-electron chi connectivity index (χ1n) is 7.21. The van der Waals surface area contributed by atoms with E-state index in [9.17, 15) is 4.79 Å².